The third-order valence-corrected chi connectivity index (χ3v) is 2.52. The Bertz CT molecular complexity index is 445. The minimum Gasteiger partial charge on any atom is -0.252 e. The van der Waals surface area contributed by atoms with Crippen molar-refractivity contribution in [2.45, 2.75) is 5.33 Å². The summed E-state index contributed by atoms with van der Waals surface area (Å²) < 4.78 is 0. The molecule has 0 saturated carbocycles. The lowest BCUT2D eigenvalue weighted by Crippen LogP contribution is -1.86. The predicted octanol–water partition coefficient (Wildman–Crippen LogP) is 3.18. The Hall–Kier alpha value is -0.670. The molecule has 2 aromatic heterocycles. The van der Waals surface area contributed by atoms with E-state index in [1.54, 1.807) is 12.3 Å². The summed E-state index contributed by atoms with van der Waals surface area (Å²) in [6, 6.07) is 5.72. The van der Waals surface area contributed by atoms with Crippen LogP contribution in [-0.2, 0) is 5.33 Å². The highest BCUT2D eigenvalue weighted by Gasteiger charge is 1.98. The summed E-state index contributed by atoms with van der Waals surface area (Å²) in [5.41, 5.74) is 1.88. The van der Waals surface area contributed by atoms with Crippen LogP contribution in [-0.4, -0.2) is 9.97 Å². The van der Waals surface area contributed by atoms with Crippen molar-refractivity contribution in [1.82, 2.24) is 9.97 Å². The standard InChI is InChI=1S/C9H6BrClN2/c10-4-7-2-1-6-5-12-9(11)3-8(6)13-7/h1-3,5H,4H2. The van der Waals surface area contributed by atoms with Crippen LogP contribution in [0.2, 0.25) is 5.15 Å². The van der Waals surface area contributed by atoms with E-state index in [9.17, 15) is 0 Å². The molecule has 0 aliphatic rings. The average molecular weight is 258 g/mol. The van der Waals surface area contributed by atoms with Crippen molar-refractivity contribution in [2.24, 2.45) is 0 Å². The first-order valence-electron chi connectivity index (χ1n) is 3.77. The van der Waals surface area contributed by atoms with Crippen LogP contribution in [0.3, 0.4) is 0 Å². The normalized spacial score (nSPS) is 10.6. The number of rotatable bonds is 1. The molecule has 0 amide bonds. The van der Waals surface area contributed by atoms with Crippen LogP contribution in [0.5, 0.6) is 0 Å². The number of fused-ring (bicyclic) bond motifs is 1. The smallest absolute Gasteiger partial charge is 0.131 e. The number of hydrogen-bond donors (Lipinski definition) is 0. The van der Waals surface area contributed by atoms with Gasteiger partial charge in [-0.1, -0.05) is 27.5 Å². The van der Waals surface area contributed by atoms with E-state index < -0.39 is 0 Å². The Morgan fingerprint density at radius 1 is 1.38 bits per heavy atom. The fraction of sp³-hybridized carbons (Fsp3) is 0.111. The topological polar surface area (TPSA) is 25.8 Å². The molecule has 0 aromatic carbocycles. The van der Waals surface area contributed by atoms with Gasteiger partial charge in [0.25, 0.3) is 0 Å². The van der Waals surface area contributed by atoms with Gasteiger partial charge < -0.3 is 0 Å². The lowest BCUT2D eigenvalue weighted by Gasteiger charge is -1.99. The summed E-state index contributed by atoms with van der Waals surface area (Å²) in [6.45, 7) is 0. The van der Waals surface area contributed by atoms with Crippen LogP contribution in [0.4, 0.5) is 0 Å². The van der Waals surface area contributed by atoms with Gasteiger partial charge in [-0.25, -0.2) is 4.98 Å². The fourth-order valence-corrected chi connectivity index (χ4v) is 1.57. The van der Waals surface area contributed by atoms with Gasteiger partial charge in [0, 0.05) is 23.0 Å². The van der Waals surface area contributed by atoms with Crippen LogP contribution in [0.15, 0.2) is 24.4 Å². The van der Waals surface area contributed by atoms with E-state index in [4.69, 9.17) is 11.6 Å². The van der Waals surface area contributed by atoms with E-state index in [-0.39, 0.29) is 0 Å². The second-order valence-electron chi connectivity index (χ2n) is 2.64. The van der Waals surface area contributed by atoms with Crippen molar-refractivity contribution < 1.29 is 0 Å². The van der Waals surface area contributed by atoms with Gasteiger partial charge in [-0.15, -0.1) is 0 Å². The number of alkyl halides is 1. The Morgan fingerprint density at radius 3 is 3.00 bits per heavy atom. The minimum absolute atomic E-state index is 0.478. The molecule has 0 spiro atoms. The van der Waals surface area contributed by atoms with Gasteiger partial charge in [-0.2, -0.15) is 0 Å². The molecule has 13 heavy (non-hydrogen) atoms. The first-order valence-corrected chi connectivity index (χ1v) is 5.26. The second kappa shape index (κ2) is 3.60. The van der Waals surface area contributed by atoms with Crippen molar-refractivity contribution in [1.29, 1.82) is 0 Å². The molecule has 0 N–H and O–H groups in total. The van der Waals surface area contributed by atoms with Crippen molar-refractivity contribution >= 4 is 38.4 Å². The average Bonchev–Trinajstić information content (AvgIpc) is 2.16. The van der Waals surface area contributed by atoms with E-state index in [0.717, 1.165) is 21.9 Å². The first kappa shape index (κ1) is 8.91. The zero-order valence-corrected chi connectivity index (χ0v) is 9.01. The molecule has 0 unspecified atom stereocenters. The molecule has 2 heterocycles. The zero-order chi connectivity index (χ0) is 9.26. The number of pyridine rings is 2. The lowest BCUT2D eigenvalue weighted by atomic mass is 10.2. The first-order chi connectivity index (χ1) is 6.29. The number of aromatic nitrogens is 2. The maximum atomic E-state index is 5.75. The van der Waals surface area contributed by atoms with Crippen LogP contribution in [0, 0.1) is 0 Å². The summed E-state index contributed by atoms with van der Waals surface area (Å²) in [5, 5.41) is 2.24. The highest BCUT2D eigenvalue weighted by molar-refractivity contribution is 9.08. The van der Waals surface area contributed by atoms with Crippen LogP contribution in [0.1, 0.15) is 5.69 Å². The van der Waals surface area contributed by atoms with E-state index in [0.29, 0.717) is 5.15 Å². The predicted molar refractivity (Wildman–Crippen MR) is 57.2 cm³/mol. The number of hydrogen-bond acceptors (Lipinski definition) is 2. The Balaban J connectivity index is 2.68. The maximum Gasteiger partial charge on any atom is 0.131 e. The largest absolute Gasteiger partial charge is 0.252 e. The van der Waals surface area contributed by atoms with Crippen molar-refractivity contribution in [3.8, 4) is 0 Å². The minimum atomic E-state index is 0.478. The molecule has 0 aliphatic heterocycles. The molecule has 2 aromatic rings. The van der Waals surface area contributed by atoms with Crippen molar-refractivity contribution in [3.05, 3.63) is 35.2 Å². The third-order valence-electron chi connectivity index (χ3n) is 1.73. The quantitative estimate of drug-likeness (QED) is 0.579. The molecule has 2 nitrogen and oxygen atoms in total. The van der Waals surface area contributed by atoms with E-state index in [1.165, 1.54) is 0 Å². The molecule has 0 atom stereocenters. The second-order valence-corrected chi connectivity index (χ2v) is 3.58. The third kappa shape index (κ3) is 1.81. The van der Waals surface area contributed by atoms with E-state index in [1.807, 2.05) is 12.1 Å². The highest BCUT2D eigenvalue weighted by Crippen LogP contribution is 2.16. The number of halogens is 2. The molecular weight excluding hydrogens is 251 g/mol. The summed E-state index contributed by atoms with van der Waals surface area (Å²) in [5.74, 6) is 0. The zero-order valence-electron chi connectivity index (χ0n) is 6.67. The SMILES string of the molecule is Clc1cc2nc(CBr)ccc2cn1. The summed E-state index contributed by atoms with van der Waals surface area (Å²) in [7, 11) is 0. The van der Waals surface area contributed by atoms with E-state index >= 15 is 0 Å². The molecular formula is C9H6BrClN2. The molecule has 0 fully saturated rings. The molecule has 0 saturated heterocycles. The Labute approximate surface area is 89.1 Å². The molecule has 4 heteroatoms. The lowest BCUT2D eigenvalue weighted by molar-refractivity contribution is 1.22. The van der Waals surface area contributed by atoms with Crippen molar-refractivity contribution in [3.63, 3.8) is 0 Å². The number of nitrogens with zero attached hydrogens (tertiary/aromatic N) is 2. The van der Waals surface area contributed by atoms with Gasteiger partial charge >= 0.3 is 0 Å². The Morgan fingerprint density at radius 2 is 2.23 bits per heavy atom. The van der Waals surface area contributed by atoms with Gasteiger partial charge in [0.1, 0.15) is 5.15 Å². The van der Waals surface area contributed by atoms with Crippen LogP contribution < -0.4 is 0 Å². The molecule has 0 aliphatic carbocycles. The maximum absolute atomic E-state index is 5.75. The van der Waals surface area contributed by atoms with Gasteiger partial charge in [-0.3, -0.25) is 4.98 Å². The fourth-order valence-electron chi connectivity index (χ4n) is 1.11. The summed E-state index contributed by atoms with van der Waals surface area (Å²) >= 11 is 9.10. The van der Waals surface area contributed by atoms with Crippen LogP contribution in [0.25, 0.3) is 10.9 Å². The van der Waals surface area contributed by atoms with E-state index in [2.05, 4.69) is 25.9 Å². The van der Waals surface area contributed by atoms with Crippen LogP contribution >= 0.6 is 27.5 Å². The van der Waals surface area contributed by atoms with Gasteiger partial charge in [0.05, 0.1) is 11.2 Å². The monoisotopic (exact) mass is 256 g/mol. The molecule has 66 valence electrons. The van der Waals surface area contributed by atoms with Gasteiger partial charge in [0.15, 0.2) is 0 Å². The Kier molecular flexibility index (Phi) is 2.47. The van der Waals surface area contributed by atoms with Gasteiger partial charge in [-0.05, 0) is 12.1 Å². The molecule has 2 rings (SSSR count). The summed E-state index contributed by atoms with van der Waals surface area (Å²) in [4.78, 5) is 8.36. The van der Waals surface area contributed by atoms with Crippen molar-refractivity contribution in [2.75, 3.05) is 0 Å². The molecule has 0 radical (unpaired) electrons. The summed E-state index contributed by atoms with van der Waals surface area (Å²) in [6.07, 6.45) is 1.72. The molecule has 0 bridgehead atoms. The highest BCUT2D eigenvalue weighted by atomic mass is 79.9. The van der Waals surface area contributed by atoms with Gasteiger partial charge in [0.2, 0.25) is 0 Å².